The van der Waals surface area contributed by atoms with E-state index in [0.717, 1.165) is 18.7 Å². The molecular formula is C11H15Cl2NO. The maximum atomic E-state index is 6.09. The zero-order valence-corrected chi connectivity index (χ0v) is 10.5. The molecule has 0 unspecified atom stereocenters. The van der Waals surface area contributed by atoms with Gasteiger partial charge in [0.15, 0.2) is 0 Å². The van der Waals surface area contributed by atoms with E-state index in [0.29, 0.717) is 22.4 Å². The van der Waals surface area contributed by atoms with Gasteiger partial charge < -0.3 is 10.1 Å². The second-order valence-electron chi connectivity index (χ2n) is 3.09. The number of benzene rings is 1. The molecule has 0 saturated heterocycles. The Hall–Kier alpha value is -0.440. The summed E-state index contributed by atoms with van der Waals surface area (Å²) in [5, 5.41) is 4.49. The topological polar surface area (TPSA) is 21.3 Å². The molecule has 0 bridgehead atoms. The zero-order valence-electron chi connectivity index (χ0n) is 8.94. The lowest BCUT2D eigenvalue weighted by Gasteiger charge is -2.10. The molecule has 1 aromatic carbocycles. The lowest BCUT2D eigenvalue weighted by Crippen LogP contribution is -2.12. The van der Waals surface area contributed by atoms with E-state index in [1.54, 1.807) is 6.07 Å². The highest BCUT2D eigenvalue weighted by Crippen LogP contribution is 2.31. The third kappa shape index (κ3) is 3.56. The molecule has 0 aliphatic rings. The Morgan fingerprint density at radius 1 is 1.20 bits per heavy atom. The Bertz CT molecular complexity index is 329. The van der Waals surface area contributed by atoms with Gasteiger partial charge in [0.2, 0.25) is 0 Å². The first-order valence-corrected chi connectivity index (χ1v) is 5.76. The summed E-state index contributed by atoms with van der Waals surface area (Å²) in [6, 6.07) is 3.61. The number of ether oxygens (including phenoxy) is 1. The van der Waals surface area contributed by atoms with E-state index in [2.05, 4.69) is 5.32 Å². The summed E-state index contributed by atoms with van der Waals surface area (Å²) >= 11 is 12.1. The fraction of sp³-hybridized carbons (Fsp3) is 0.455. The van der Waals surface area contributed by atoms with Gasteiger partial charge in [0.05, 0.1) is 11.6 Å². The second kappa shape index (κ2) is 6.21. The molecule has 4 heteroatoms. The number of halogens is 2. The van der Waals surface area contributed by atoms with E-state index in [9.17, 15) is 0 Å². The molecule has 1 N–H and O–H groups in total. The van der Waals surface area contributed by atoms with Crippen molar-refractivity contribution in [3.8, 4) is 5.75 Å². The van der Waals surface area contributed by atoms with Crippen LogP contribution in [0.2, 0.25) is 10.0 Å². The Kier molecular flexibility index (Phi) is 5.23. The molecule has 0 aromatic heterocycles. The van der Waals surface area contributed by atoms with Gasteiger partial charge in [0.25, 0.3) is 0 Å². The summed E-state index contributed by atoms with van der Waals surface area (Å²) < 4.78 is 5.34. The minimum Gasteiger partial charge on any atom is -0.492 e. The molecule has 2 nitrogen and oxygen atoms in total. The molecule has 0 fully saturated rings. The molecule has 15 heavy (non-hydrogen) atoms. The summed E-state index contributed by atoms with van der Waals surface area (Å²) in [5.74, 6) is 0.643. The van der Waals surface area contributed by atoms with Crippen LogP contribution in [0.3, 0.4) is 0 Å². The number of nitrogens with one attached hydrogen (secondary N) is 1. The Morgan fingerprint density at radius 2 is 1.93 bits per heavy atom. The van der Waals surface area contributed by atoms with E-state index in [4.69, 9.17) is 27.9 Å². The molecule has 0 amide bonds. The monoisotopic (exact) mass is 247 g/mol. The van der Waals surface area contributed by atoms with Crippen molar-refractivity contribution in [2.75, 3.05) is 13.2 Å². The van der Waals surface area contributed by atoms with Crippen molar-refractivity contribution in [1.82, 2.24) is 5.32 Å². The minimum absolute atomic E-state index is 0.586. The van der Waals surface area contributed by atoms with E-state index >= 15 is 0 Å². The Labute approximate surface area is 101 Å². The molecule has 0 spiro atoms. The number of hydrogen-bond acceptors (Lipinski definition) is 2. The van der Waals surface area contributed by atoms with Crippen LogP contribution in [-0.2, 0) is 6.54 Å². The van der Waals surface area contributed by atoms with E-state index in [1.807, 2.05) is 19.9 Å². The van der Waals surface area contributed by atoms with Crippen molar-refractivity contribution >= 4 is 23.2 Å². The average Bonchev–Trinajstić information content (AvgIpc) is 2.21. The SMILES string of the molecule is CCNCc1cc(Cl)c(OCC)cc1Cl. The van der Waals surface area contributed by atoms with Crippen LogP contribution in [0.25, 0.3) is 0 Å². The van der Waals surface area contributed by atoms with E-state index in [1.165, 1.54) is 0 Å². The van der Waals surface area contributed by atoms with Crippen molar-refractivity contribution in [3.63, 3.8) is 0 Å². The van der Waals surface area contributed by atoms with Crippen LogP contribution in [0.5, 0.6) is 5.75 Å². The molecule has 0 aliphatic carbocycles. The van der Waals surface area contributed by atoms with Crippen molar-refractivity contribution < 1.29 is 4.74 Å². The fourth-order valence-electron chi connectivity index (χ4n) is 1.23. The Balaban J connectivity index is 2.87. The summed E-state index contributed by atoms with van der Waals surface area (Å²) in [7, 11) is 0. The molecular weight excluding hydrogens is 233 g/mol. The highest BCUT2D eigenvalue weighted by Gasteiger charge is 2.07. The van der Waals surface area contributed by atoms with Crippen LogP contribution in [0.1, 0.15) is 19.4 Å². The lowest BCUT2D eigenvalue weighted by molar-refractivity contribution is 0.340. The predicted molar refractivity (Wildman–Crippen MR) is 65.0 cm³/mol. The molecule has 0 aliphatic heterocycles. The third-order valence-corrected chi connectivity index (χ3v) is 2.61. The molecule has 0 atom stereocenters. The normalized spacial score (nSPS) is 10.4. The maximum absolute atomic E-state index is 6.09. The van der Waals surface area contributed by atoms with Gasteiger partial charge in [-0.15, -0.1) is 0 Å². The van der Waals surface area contributed by atoms with E-state index < -0.39 is 0 Å². The van der Waals surface area contributed by atoms with Gasteiger partial charge in [-0.2, -0.15) is 0 Å². The summed E-state index contributed by atoms with van der Waals surface area (Å²) in [6.07, 6.45) is 0. The van der Waals surface area contributed by atoms with Gasteiger partial charge in [0, 0.05) is 17.6 Å². The molecule has 0 saturated carbocycles. The van der Waals surface area contributed by atoms with Crippen molar-refractivity contribution in [2.24, 2.45) is 0 Å². The predicted octanol–water partition coefficient (Wildman–Crippen LogP) is 3.50. The molecule has 1 aromatic rings. The first-order valence-electron chi connectivity index (χ1n) is 5.00. The summed E-state index contributed by atoms with van der Waals surface area (Å²) in [4.78, 5) is 0. The molecule has 1 rings (SSSR count). The van der Waals surface area contributed by atoms with Crippen molar-refractivity contribution in [3.05, 3.63) is 27.7 Å². The van der Waals surface area contributed by atoms with Gasteiger partial charge >= 0.3 is 0 Å². The summed E-state index contributed by atoms with van der Waals surface area (Å²) in [5.41, 5.74) is 0.993. The van der Waals surface area contributed by atoms with Crippen LogP contribution in [0.15, 0.2) is 12.1 Å². The summed E-state index contributed by atoms with van der Waals surface area (Å²) in [6.45, 7) is 6.17. The first-order chi connectivity index (χ1) is 7.19. The molecule has 0 heterocycles. The quantitative estimate of drug-likeness (QED) is 0.861. The van der Waals surface area contributed by atoms with Crippen LogP contribution in [0.4, 0.5) is 0 Å². The first kappa shape index (κ1) is 12.6. The Morgan fingerprint density at radius 3 is 2.53 bits per heavy atom. The van der Waals surface area contributed by atoms with Crippen LogP contribution in [0, 0.1) is 0 Å². The maximum Gasteiger partial charge on any atom is 0.139 e. The fourth-order valence-corrected chi connectivity index (χ4v) is 1.69. The zero-order chi connectivity index (χ0) is 11.3. The van der Waals surface area contributed by atoms with Gasteiger partial charge in [-0.1, -0.05) is 30.1 Å². The van der Waals surface area contributed by atoms with Crippen LogP contribution >= 0.6 is 23.2 Å². The van der Waals surface area contributed by atoms with Gasteiger partial charge in [-0.05, 0) is 25.1 Å². The van der Waals surface area contributed by atoms with E-state index in [-0.39, 0.29) is 0 Å². The average molecular weight is 248 g/mol. The van der Waals surface area contributed by atoms with Crippen LogP contribution < -0.4 is 10.1 Å². The van der Waals surface area contributed by atoms with Crippen LogP contribution in [-0.4, -0.2) is 13.2 Å². The minimum atomic E-state index is 0.586. The van der Waals surface area contributed by atoms with Crippen molar-refractivity contribution in [2.45, 2.75) is 20.4 Å². The smallest absolute Gasteiger partial charge is 0.139 e. The third-order valence-electron chi connectivity index (χ3n) is 1.97. The van der Waals surface area contributed by atoms with Crippen molar-refractivity contribution in [1.29, 1.82) is 0 Å². The highest BCUT2D eigenvalue weighted by molar-refractivity contribution is 6.34. The molecule has 0 radical (unpaired) electrons. The largest absolute Gasteiger partial charge is 0.492 e. The second-order valence-corrected chi connectivity index (χ2v) is 3.90. The lowest BCUT2D eigenvalue weighted by atomic mass is 10.2. The molecule has 84 valence electrons. The number of hydrogen-bond donors (Lipinski definition) is 1. The van der Waals surface area contributed by atoms with Gasteiger partial charge in [-0.25, -0.2) is 0 Å². The van der Waals surface area contributed by atoms with Gasteiger partial charge in [0.1, 0.15) is 5.75 Å². The standard InChI is InChI=1S/C11H15Cl2NO/c1-3-14-7-8-5-10(13)11(15-4-2)6-9(8)12/h5-6,14H,3-4,7H2,1-2H3. The highest BCUT2D eigenvalue weighted by atomic mass is 35.5. The number of rotatable bonds is 5. The van der Waals surface area contributed by atoms with Gasteiger partial charge in [-0.3, -0.25) is 0 Å².